The lowest BCUT2D eigenvalue weighted by molar-refractivity contribution is 0.607. The monoisotopic (exact) mass is 759 g/mol. The molecule has 2 aliphatic rings. The van der Waals surface area contributed by atoms with E-state index in [1.165, 1.54) is 198 Å². The molecule has 5 rings (SSSR count). The molecule has 0 saturated carbocycles. The molecule has 0 radical (unpaired) electrons. The first-order valence-electron chi connectivity index (χ1n) is 23.8. The summed E-state index contributed by atoms with van der Waals surface area (Å²) in [6.45, 7) is 9.22. The quantitative estimate of drug-likeness (QED) is 0.0499. The predicted octanol–water partition coefficient (Wildman–Crippen LogP) is 16.3. The van der Waals surface area contributed by atoms with Crippen LogP contribution < -0.4 is 0 Å². The largest absolute Gasteiger partial charge is 0.355 e. The summed E-state index contributed by atoms with van der Waals surface area (Å²) in [5, 5.41) is 0. The second-order valence-electron chi connectivity index (χ2n) is 17.0. The average Bonchev–Trinajstić information content (AvgIpc) is 4.06. The van der Waals surface area contributed by atoms with Crippen LogP contribution in [0.4, 0.5) is 0 Å². The minimum atomic E-state index is 1.05. The molecule has 0 unspecified atom stereocenters. The molecule has 8 bridgehead atoms. The SMILES string of the molecule is CCCCCCCCc1c2nc(c(CCCCCCCC)c3ccc([nH]3)c(CCCCCCCC)c3nc(c(CCCCCCCC)c4ccc1[nH]4)C=C3)C=C2. The number of fused-ring (bicyclic) bond motifs is 8. The van der Waals surface area contributed by atoms with Gasteiger partial charge >= 0.3 is 0 Å². The molecule has 0 spiro atoms. The number of rotatable bonds is 28. The summed E-state index contributed by atoms with van der Waals surface area (Å²) in [6, 6.07) is 9.36. The van der Waals surface area contributed by atoms with E-state index in [9.17, 15) is 0 Å². The van der Waals surface area contributed by atoms with E-state index in [1.54, 1.807) is 0 Å². The van der Waals surface area contributed by atoms with E-state index in [-0.39, 0.29) is 0 Å². The molecule has 4 heteroatoms. The Bertz CT molecular complexity index is 1560. The molecule has 0 saturated heterocycles. The van der Waals surface area contributed by atoms with Gasteiger partial charge in [-0.25, -0.2) is 9.97 Å². The summed E-state index contributed by atoms with van der Waals surface area (Å²) < 4.78 is 0. The van der Waals surface area contributed by atoms with Gasteiger partial charge in [-0.05, 0) is 99.9 Å². The third-order valence-electron chi connectivity index (χ3n) is 12.3. The number of aryl methyl sites for hydroxylation is 4. The van der Waals surface area contributed by atoms with Crippen molar-refractivity contribution in [1.82, 2.24) is 19.9 Å². The maximum atomic E-state index is 5.51. The van der Waals surface area contributed by atoms with Gasteiger partial charge in [0.05, 0.1) is 22.8 Å². The number of H-pyrrole nitrogens is 2. The molecule has 4 nitrogen and oxygen atoms in total. The van der Waals surface area contributed by atoms with E-state index in [4.69, 9.17) is 9.97 Å². The zero-order valence-corrected chi connectivity index (χ0v) is 36.3. The Morgan fingerprint density at radius 1 is 0.304 bits per heavy atom. The molecule has 0 atom stereocenters. The Hall–Kier alpha value is -3.40. The maximum Gasteiger partial charge on any atom is 0.0690 e. The van der Waals surface area contributed by atoms with E-state index in [0.717, 1.165) is 48.5 Å². The van der Waals surface area contributed by atoms with Crippen LogP contribution in [0, 0.1) is 0 Å². The van der Waals surface area contributed by atoms with Gasteiger partial charge in [-0.3, -0.25) is 0 Å². The molecule has 2 N–H and O–H groups in total. The van der Waals surface area contributed by atoms with Crippen LogP contribution in [0.25, 0.3) is 46.4 Å². The highest BCUT2D eigenvalue weighted by molar-refractivity contribution is 5.83. The van der Waals surface area contributed by atoms with Gasteiger partial charge in [0.2, 0.25) is 0 Å². The van der Waals surface area contributed by atoms with Crippen LogP contribution in [0.5, 0.6) is 0 Å². The van der Waals surface area contributed by atoms with E-state index < -0.39 is 0 Å². The van der Waals surface area contributed by atoms with E-state index in [2.05, 4.69) is 86.2 Å². The van der Waals surface area contributed by atoms with Crippen LogP contribution in [0.1, 0.15) is 227 Å². The van der Waals surface area contributed by atoms with Crippen molar-refractivity contribution in [2.24, 2.45) is 0 Å². The van der Waals surface area contributed by atoms with Gasteiger partial charge in [0, 0.05) is 44.3 Å². The Morgan fingerprint density at radius 3 is 0.750 bits per heavy atom. The van der Waals surface area contributed by atoms with Crippen LogP contribution in [0.15, 0.2) is 24.3 Å². The van der Waals surface area contributed by atoms with Crippen molar-refractivity contribution in [1.29, 1.82) is 0 Å². The summed E-state index contributed by atoms with van der Waals surface area (Å²) in [5.74, 6) is 0. The first-order valence-corrected chi connectivity index (χ1v) is 23.8. The molecule has 56 heavy (non-hydrogen) atoms. The van der Waals surface area contributed by atoms with Gasteiger partial charge < -0.3 is 9.97 Å². The Kier molecular flexibility index (Phi) is 19.6. The van der Waals surface area contributed by atoms with Gasteiger partial charge in [-0.1, -0.05) is 156 Å². The maximum absolute atomic E-state index is 5.51. The highest BCUT2D eigenvalue weighted by Crippen LogP contribution is 2.30. The van der Waals surface area contributed by atoms with Gasteiger partial charge in [0.15, 0.2) is 0 Å². The first-order chi connectivity index (χ1) is 27.7. The lowest BCUT2D eigenvalue weighted by Crippen LogP contribution is -1.96. The third kappa shape index (κ3) is 13.3. The molecule has 0 aliphatic carbocycles. The topological polar surface area (TPSA) is 57.4 Å². The molecule has 0 fully saturated rings. The lowest BCUT2D eigenvalue weighted by atomic mass is 10.0. The molecule has 306 valence electrons. The number of aromatic nitrogens is 4. The van der Waals surface area contributed by atoms with E-state index in [0.29, 0.717) is 0 Å². The molecule has 3 aromatic rings. The molecular formula is C52H78N4. The molecule has 5 heterocycles. The summed E-state index contributed by atoms with van der Waals surface area (Å²) in [7, 11) is 0. The van der Waals surface area contributed by atoms with Crippen molar-refractivity contribution in [3.63, 3.8) is 0 Å². The molecule has 3 aromatic heterocycles. The van der Waals surface area contributed by atoms with Crippen LogP contribution in [0.2, 0.25) is 0 Å². The number of unbranched alkanes of at least 4 members (excludes halogenated alkanes) is 20. The zero-order chi connectivity index (χ0) is 39.2. The van der Waals surface area contributed by atoms with Crippen molar-refractivity contribution in [2.45, 2.75) is 207 Å². The highest BCUT2D eigenvalue weighted by atomic mass is 14.8. The van der Waals surface area contributed by atoms with Crippen molar-refractivity contribution in [3.8, 4) is 0 Å². The number of hydrogen-bond acceptors (Lipinski definition) is 2. The Morgan fingerprint density at radius 2 is 0.518 bits per heavy atom. The van der Waals surface area contributed by atoms with Crippen LogP contribution in [0.3, 0.4) is 0 Å². The number of hydrogen-bond donors (Lipinski definition) is 2. The molecule has 0 aromatic carbocycles. The molecule has 0 amide bonds. The van der Waals surface area contributed by atoms with Crippen molar-refractivity contribution < 1.29 is 0 Å². The van der Waals surface area contributed by atoms with Crippen LogP contribution in [-0.4, -0.2) is 19.9 Å². The molecule has 2 aliphatic heterocycles. The first kappa shape index (κ1) is 43.7. The van der Waals surface area contributed by atoms with Crippen molar-refractivity contribution >= 4 is 46.4 Å². The van der Waals surface area contributed by atoms with E-state index in [1.807, 2.05) is 0 Å². The fourth-order valence-corrected chi connectivity index (χ4v) is 8.82. The van der Waals surface area contributed by atoms with Crippen molar-refractivity contribution in [2.75, 3.05) is 0 Å². The smallest absolute Gasteiger partial charge is 0.0690 e. The van der Waals surface area contributed by atoms with Gasteiger partial charge in [-0.2, -0.15) is 0 Å². The summed E-state index contributed by atoms with van der Waals surface area (Å²) in [4.78, 5) is 19.0. The van der Waals surface area contributed by atoms with Gasteiger partial charge in [-0.15, -0.1) is 0 Å². The standard InChI is InChI=1S/C52H78N4/c1-5-9-13-17-21-25-29-41-45-33-35-47(53-45)42(30-26-22-18-14-10-6-2)49-37-39-51(55-49)44(32-28-24-20-16-12-8-4)52-40-38-50(56-52)43(48-36-34-46(41)54-48)31-27-23-19-15-11-7-3/h33-40,53,56H,5-32H2,1-4H3. The Labute approximate surface area is 341 Å². The highest BCUT2D eigenvalue weighted by Gasteiger charge is 2.16. The average molecular weight is 759 g/mol. The lowest BCUT2D eigenvalue weighted by Gasteiger charge is -2.07. The Balaban J connectivity index is 1.63. The normalized spacial score (nSPS) is 12.4. The van der Waals surface area contributed by atoms with Crippen LogP contribution >= 0.6 is 0 Å². The number of nitrogens with one attached hydrogen (secondary N) is 2. The number of aromatic amines is 2. The second-order valence-corrected chi connectivity index (χ2v) is 17.0. The van der Waals surface area contributed by atoms with E-state index >= 15 is 0 Å². The zero-order valence-electron chi connectivity index (χ0n) is 36.3. The van der Waals surface area contributed by atoms with Gasteiger partial charge in [0.25, 0.3) is 0 Å². The minimum Gasteiger partial charge on any atom is -0.355 e. The molecular weight excluding hydrogens is 681 g/mol. The summed E-state index contributed by atoms with van der Waals surface area (Å²) in [5.41, 5.74) is 14.9. The second kappa shape index (κ2) is 25.1. The van der Waals surface area contributed by atoms with Crippen molar-refractivity contribution in [3.05, 3.63) is 69.3 Å². The van der Waals surface area contributed by atoms with Gasteiger partial charge in [0.1, 0.15) is 0 Å². The number of nitrogens with zero attached hydrogens (tertiary/aromatic N) is 2. The fraction of sp³-hybridized carbons (Fsp3) is 0.615. The fourth-order valence-electron chi connectivity index (χ4n) is 8.82. The summed E-state index contributed by atoms with van der Waals surface area (Å²) in [6.07, 6.45) is 44.5. The van der Waals surface area contributed by atoms with Crippen LogP contribution in [-0.2, 0) is 25.7 Å². The third-order valence-corrected chi connectivity index (χ3v) is 12.3. The predicted molar refractivity (Wildman–Crippen MR) is 247 cm³/mol. The summed E-state index contributed by atoms with van der Waals surface area (Å²) >= 11 is 0. The minimum absolute atomic E-state index is 1.05.